The molecule has 3 aromatic rings. The maximum absolute atomic E-state index is 12.2. The first-order chi connectivity index (χ1) is 10.5. The van der Waals surface area contributed by atoms with E-state index in [4.69, 9.17) is 11.6 Å². The molecule has 0 atom stereocenters. The third-order valence-electron chi connectivity index (χ3n) is 3.47. The summed E-state index contributed by atoms with van der Waals surface area (Å²) >= 11 is 9.46. The van der Waals surface area contributed by atoms with E-state index in [9.17, 15) is 4.79 Å². The molecule has 112 valence electrons. The van der Waals surface area contributed by atoms with Crippen LogP contribution in [0.3, 0.4) is 0 Å². The van der Waals surface area contributed by atoms with E-state index < -0.39 is 0 Å². The molecule has 1 amide bonds. The molecule has 0 saturated carbocycles. The van der Waals surface area contributed by atoms with Gasteiger partial charge in [-0.25, -0.2) is 0 Å². The van der Waals surface area contributed by atoms with Crippen LogP contribution in [0.25, 0.3) is 10.9 Å². The molecular weight excluding hydrogens is 364 g/mol. The normalized spacial score (nSPS) is 10.9. The van der Waals surface area contributed by atoms with Crippen molar-refractivity contribution in [2.45, 2.75) is 13.5 Å². The number of fused-ring (bicyclic) bond motifs is 1. The predicted octanol–water partition coefficient (Wildman–Crippen LogP) is 4.82. The average Bonchev–Trinajstić information content (AvgIpc) is 2.87. The zero-order chi connectivity index (χ0) is 15.7. The Morgan fingerprint density at radius 2 is 2.09 bits per heavy atom. The number of carbonyl (C=O) groups excluding carboxylic acids is 1. The molecule has 0 aliphatic rings. The van der Waals surface area contributed by atoms with Crippen molar-refractivity contribution in [2.24, 2.45) is 0 Å². The number of halogens is 2. The lowest BCUT2D eigenvalue weighted by Crippen LogP contribution is -2.23. The van der Waals surface area contributed by atoms with Crippen LogP contribution in [-0.2, 0) is 6.54 Å². The van der Waals surface area contributed by atoms with Crippen LogP contribution in [0, 0.1) is 6.92 Å². The largest absolute Gasteiger partial charge is 0.359 e. The average molecular weight is 378 g/mol. The van der Waals surface area contributed by atoms with Gasteiger partial charge in [0, 0.05) is 22.2 Å². The molecule has 0 aliphatic heterocycles. The highest BCUT2D eigenvalue weighted by atomic mass is 79.9. The third-order valence-corrected chi connectivity index (χ3v) is 4.77. The van der Waals surface area contributed by atoms with Crippen LogP contribution in [0.5, 0.6) is 0 Å². The molecule has 5 heteroatoms. The van der Waals surface area contributed by atoms with Crippen molar-refractivity contribution in [1.82, 2.24) is 10.3 Å². The minimum atomic E-state index is -0.184. The van der Waals surface area contributed by atoms with Crippen LogP contribution < -0.4 is 5.32 Å². The Balaban J connectivity index is 1.75. The van der Waals surface area contributed by atoms with E-state index >= 15 is 0 Å². The number of aromatic nitrogens is 1. The van der Waals surface area contributed by atoms with Crippen molar-refractivity contribution in [3.63, 3.8) is 0 Å². The van der Waals surface area contributed by atoms with Crippen LogP contribution in [0.4, 0.5) is 0 Å². The van der Waals surface area contributed by atoms with E-state index in [0.29, 0.717) is 21.6 Å². The third kappa shape index (κ3) is 3.03. The first-order valence-corrected chi connectivity index (χ1v) is 8.02. The highest BCUT2D eigenvalue weighted by Crippen LogP contribution is 2.26. The molecule has 0 spiro atoms. The molecule has 0 unspecified atom stereocenters. The molecule has 2 N–H and O–H groups in total. The molecule has 0 saturated heterocycles. The summed E-state index contributed by atoms with van der Waals surface area (Å²) in [7, 11) is 0. The van der Waals surface area contributed by atoms with Gasteiger partial charge in [0.25, 0.3) is 5.91 Å². The zero-order valence-corrected chi connectivity index (χ0v) is 14.3. The van der Waals surface area contributed by atoms with E-state index in [-0.39, 0.29) is 5.91 Å². The second kappa shape index (κ2) is 6.15. The van der Waals surface area contributed by atoms with Crippen LogP contribution in [-0.4, -0.2) is 10.9 Å². The van der Waals surface area contributed by atoms with E-state index in [1.54, 1.807) is 18.2 Å². The number of rotatable bonds is 3. The number of carbonyl (C=O) groups is 1. The zero-order valence-electron chi connectivity index (χ0n) is 11.9. The Labute approximate surface area is 141 Å². The summed E-state index contributed by atoms with van der Waals surface area (Å²) in [6, 6.07) is 13.5. The van der Waals surface area contributed by atoms with Crippen LogP contribution in [0.15, 0.2) is 46.9 Å². The van der Waals surface area contributed by atoms with Gasteiger partial charge in [0.05, 0.1) is 10.6 Å². The van der Waals surface area contributed by atoms with Crippen molar-refractivity contribution < 1.29 is 4.79 Å². The molecular formula is C17H14BrClN2O. The van der Waals surface area contributed by atoms with Gasteiger partial charge >= 0.3 is 0 Å². The number of H-pyrrole nitrogens is 1. The number of aryl methyl sites for hydroxylation is 1. The summed E-state index contributed by atoms with van der Waals surface area (Å²) in [5, 5.41) is 4.47. The summed E-state index contributed by atoms with van der Waals surface area (Å²) in [6.07, 6.45) is 0. The summed E-state index contributed by atoms with van der Waals surface area (Å²) in [6.45, 7) is 2.48. The summed E-state index contributed by atoms with van der Waals surface area (Å²) in [4.78, 5) is 15.5. The number of benzene rings is 2. The molecule has 3 rings (SSSR count). The molecule has 1 heterocycles. The molecule has 0 aliphatic carbocycles. The van der Waals surface area contributed by atoms with Crippen molar-refractivity contribution >= 4 is 44.3 Å². The van der Waals surface area contributed by atoms with E-state index in [2.05, 4.69) is 38.4 Å². The van der Waals surface area contributed by atoms with Gasteiger partial charge in [-0.05, 0) is 64.1 Å². The highest BCUT2D eigenvalue weighted by Gasteiger charge is 2.12. The molecule has 3 nitrogen and oxygen atoms in total. The second-order valence-electron chi connectivity index (χ2n) is 5.16. The Morgan fingerprint density at radius 3 is 2.91 bits per heavy atom. The number of aromatic amines is 1. The molecule has 0 radical (unpaired) electrons. The Kier molecular flexibility index (Phi) is 4.23. The SMILES string of the molecule is Cc1cc2cc(CNC(=O)c3cccc(Br)c3Cl)ccc2[nH]1. The number of hydrogen-bond acceptors (Lipinski definition) is 1. The van der Waals surface area contributed by atoms with Crippen molar-refractivity contribution in [3.8, 4) is 0 Å². The van der Waals surface area contributed by atoms with Crippen LogP contribution >= 0.6 is 27.5 Å². The minimum absolute atomic E-state index is 0.184. The quantitative estimate of drug-likeness (QED) is 0.675. The Morgan fingerprint density at radius 1 is 1.27 bits per heavy atom. The van der Waals surface area contributed by atoms with E-state index in [0.717, 1.165) is 22.2 Å². The van der Waals surface area contributed by atoms with Gasteiger partial charge < -0.3 is 10.3 Å². The van der Waals surface area contributed by atoms with Crippen molar-refractivity contribution in [2.75, 3.05) is 0 Å². The Hall–Kier alpha value is -1.78. The van der Waals surface area contributed by atoms with Gasteiger partial charge in [-0.15, -0.1) is 0 Å². The van der Waals surface area contributed by atoms with Crippen molar-refractivity contribution in [3.05, 3.63) is 68.8 Å². The molecule has 22 heavy (non-hydrogen) atoms. The predicted molar refractivity (Wildman–Crippen MR) is 93.4 cm³/mol. The summed E-state index contributed by atoms with van der Waals surface area (Å²) < 4.78 is 0.714. The maximum atomic E-state index is 12.2. The lowest BCUT2D eigenvalue weighted by atomic mass is 10.1. The summed E-state index contributed by atoms with van der Waals surface area (Å²) in [5.74, 6) is -0.184. The molecule has 0 bridgehead atoms. The fraction of sp³-hybridized carbons (Fsp3) is 0.118. The van der Waals surface area contributed by atoms with E-state index in [1.165, 1.54) is 0 Å². The van der Waals surface area contributed by atoms with Gasteiger partial charge in [0.1, 0.15) is 0 Å². The van der Waals surface area contributed by atoms with Gasteiger partial charge in [-0.2, -0.15) is 0 Å². The van der Waals surface area contributed by atoms with Gasteiger partial charge in [-0.1, -0.05) is 23.7 Å². The van der Waals surface area contributed by atoms with Crippen LogP contribution in [0.1, 0.15) is 21.6 Å². The lowest BCUT2D eigenvalue weighted by Gasteiger charge is -2.08. The first-order valence-electron chi connectivity index (χ1n) is 6.85. The van der Waals surface area contributed by atoms with E-state index in [1.807, 2.05) is 19.1 Å². The molecule has 1 aromatic heterocycles. The lowest BCUT2D eigenvalue weighted by molar-refractivity contribution is 0.0951. The first kappa shape index (κ1) is 15.1. The fourth-order valence-electron chi connectivity index (χ4n) is 2.39. The topological polar surface area (TPSA) is 44.9 Å². The highest BCUT2D eigenvalue weighted by molar-refractivity contribution is 9.10. The maximum Gasteiger partial charge on any atom is 0.253 e. The monoisotopic (exact) mass is 376 g/mol. The number of amides is 1. The van der Waals surface area contributed by atoms with Crippen molar-refractivity contribution in [1.29, 1.82) is 0 Å². The second-order valence-corrected chi connectivity index (χ2v) is 6.39. The smallest absolute Gasteiger partial charge is 0.253 e. The number of hydrogen-bond donors (Lipinski definition) is 2. The summed E-state index contributed by atoms with van der Waals surface area (Å²) in [5.41, 5.74) is 3.74. The Bertz CT molecular complexity index is 857. The molecule has 2 aromatic carbocycles. The standard InChI is InChI=1S/C17H14BrClN2O/c1-10-7-12-8-11(5-6-15(12)21-10)9-20-17(22)13-3-2-4-14(18)16(13)19/h2-8,21H,9H2,1H3,(H,20,22). The van der Waals surface area contributed by atoms with Gasteiger partial charge in [0.15, 0.2) is 0 Å². The molecule has 0 fully saturated rings. The van der Waals surface area contributed by atoms with Gasteiger partial charge in [-0.3, -0.25) is 4.79 Å². The van der Waals surface area contributed by atoms with Gasteiger partial charge in [0.2, 0.25) is 0 Å². The fourth-order valence-corrected chi connectivity index (χ4v) is 2.97. The van der Waals surface area contributed by atoms with Crippen LogP contribution in [0.2, 0.25) is 5.02 Å². The minimum Gasteiger partial charge on any atom is -0.359 e. The number of nitrogens with one attached hydrogen (secondary N) is 2.